The van der Waals surface area contributed by atoms with Crippen LogP contribution in [0.4, 0.5) is 4.39 Å². The van der Waals surface area contributed by atoms with Crippen LogP contribution in [0.5, 0.6) is 5.75 Å². The number of halogens is 2. The van der Waals surface area contributed by atoms with Crippen molar-refractivity contribution in [2.45, 2.75) is 52.7 Å². The number of rotatable bonds is 10. The van der Waals surface area contributed by atoms with Crippen molar-refractivity contribution in [3.05, 3.63) is 74.3 Å². The van der Waals surface area contributed by atoms with Gasteiger partial charge in [0, 0.05) is 25.8 Å². The summed E-state index contributed by atoms with van der Waals surface area (Å²) >= 11 is 5.93. The van der Waals surface area contributed by atoms with Gasteiger partial charge in [0.1, 0.15) is 17.1 Å². The largest absolute Gasteiger partial charge is 0.489 e. The van der Waals surface area contributed by atoms with E-state index in [0.717, 1.165) is 0 Å². The molecule has 1 aromatic heterocycles. The molecule has 3 aromatic rings. The highest BCUT2D eigenvalue weighted by Crippen LogP contribution is 2.30. The van der Waals surface area contributed by atoms with Gasteiger partial charge in [-0.15, -0.1) is 0 Å². The van der Waals surface area contributed by atoms with Gasteiger partial charge in [-0.2, -0.15) is 0 Å². The zero-order chi connectivity index (χ0) is 25.0. The van der Waals surface area contributed by atoms with Crippen LogP contribution in [0.1, 0.15) is 55.1 Å². The topological polar surface area (TPSA) is 88.8 Å². The van der Waals surface area contributed by atoms with E-state index in [2.05, 4.69) is 0 Å². The molecule has 0 aliphatic rings. The van der Waals surface area contributed by atoms with E-state index >= 15 is 0 Å². The lowest BCUT2D eigenvalue weighted by molar-refractivity contribution is 0.0694. The van der Waals surface area contributed by atoms with E-state index < -0.39 is 17.2 Å². The molecule has 0 saturated carbocycles. The molecule has 0 aliphatic carbocycles. The van der Waals surface area contributed by atoms with Crippen molar-refractivity contribution in [2.75, 3.05) is 6.61 Å². The van der Waals surface area contributed by atoms with E-state index in [1.807, 2.05) is 20.8 Å². The fourth-order valence-electron chi connectivity index (χ4n) is 3.96. The first-order valence-electron chi connectivity index (χ1n) is 11.3. The van der Waals surface area contributed by atoms with Crippen molar-refractivity contribution in [3.63, 3.8) is 0 Å². The maximum absolute atomic E-state index is 14.5. The molecule has 3 rings (SSSR count). The quantitative estimate of drug-likeness (QED) is 0.404. The summed E-state index contributed by atoms with van der Waals surface area (Å²) in [6, 6.07) is 8.09. The van der Waals surface area contributed by atoms with Gasteiger partial charge in [0.15, 0.2) is 0 Å². The van der Waals surface area contributed by atoms with E-state index in [9.17, 15) is 24.2 Å². The number of aromatic nitrogens is 1. The van der Waals surface area contributed by atoms with Gasteiger partial charge >= 0.3 is 5.97 Å². The van der Waals surface area contributed by atoms with Crippen LogP contribution in [0.3, 0.4) is 0 Å². The molecule has 0 aliphatic heterocycles. The third-order valence-electron chi connectivity index (χ3n) is 5.70. The molecule has 0 fully saturated rings. The Hall–Kier alpha value is -2.90. The molecule has 0 saturated heterocycles. The molecule has 1 unspecified atom stereocenters. The normalized spacial score (nSPS) is 12.3. The fourth-order valence-corrected chi connectivity index (χ4v) is 4.16. The molecule has 2 N–H and O–H groups in total. The second-order valence-corrected chi connectivity index (χ2v) is 9.23. The molecular weight excluding hydrogens is 461 g/mol. The lowest BCUT2D eigenvalue weighted by Gasteiger charge is -2.20. The third kappa shape index (κ3) is 5.77. The summed E-state index contributed by atoms with van der Waals surface area (Å²) in [7, 11) is 0. The Morgan fingerprint density at radius 3 is 2.59 bits per heavy atom. The number of aliphatic hydroxyl groups excluding tert-OH is 1. The van der Waals surface area contributed by atoms with E-state index in [0.29, 0.717) is 41.8 Å². The average molecular weight is 490 g/mol. The number of fused-ring (bicyclic) bond motifs is 1. The summed E-state index contributed by atoms with van der Waals surface area (Å²) in [4.78, 5) is 25.0. The third-order valence-corrected chi connectivity index (χ3v) is 5.99. The molecule has 0 amide bonds. The molecule has 1 atom stereocenters. The highest BCUT2D eigenvalue weighted by atomic mass is 35.5. The van der Waals surface area contributed by atoms with Gasteiger partial charge in [-0.05, 0) is 61.9 Å². The fraction of sp³-hybridized carbons (Fsp3) is 0.385. The number of aliphatic hydroxyl groups is 1. The lowest BCUT2D eigenvalue weighted by Crippen LogP contribution is -2.21. The number of benzene rings is 2. The van der Waals surface area contributed by atoms with Crippen LogP contribution in [0.2, 0.25) is 5.02 Å². The molecular formula is C26H29ClFNO5. The Balaban J connectivity index is 2.22. The number of carbonyl (C=O) groups is 1. The number of carboxylic acid groups (broad SMARTS) is 1. The number of ether oxygens (including phenoxy) is 1. The highest BCUT2D eigenvalue weighted by molar-refractivity contribution is 6.30. The minimum Gasteiger partial charge on any atom is -0.489 e. The van der Waals surface area contributed by atoms with E-state index in [1.165, 1.54) is 12.3 Å². The standard InChI is InChI=1S/C26H29ClFNO5/c1-15(2)34-22-13-17(11-18-5-4-6-21(27)23(18)28)12-19-24(22)29(9-7-16(3)8-10-30)14-20(25(19)31)26(32)33/h4-6,12-16,30H,7-11H2,1-3H3,(H,32,33). The average Bonchev–Trinajstić information content (AvgIpc) is 2.76. The summed E-state index contributed by atoms with van der Waals surface area (Å²) in [5, 5.41) is 19.1. The number of pyridine rings is 1. The van der Waals surface area contributed by atoms with Crippen LogP contribution in [0, 0.1) is 11.7 Å². The first-order chi connectivity index (χ1) is 16.1. The Labute approximate surface area is 202 Å². The molecule has 0 bridgehead atoms. The Kier molecular flexibility index (Phi) is 8.33. The van der Waals surface area contributed by atoms with Crippen molar-refractivity contribution in [2.24, 2.45) is 5.92 Å². The molecule has 0 spiro atoms. The van der Waals surface area contributed by atoms with Gasteiger partial charge in [0.2, 0.25) is 5.43 Å². The van der Waals surface area contributed by atoms with Crippen molar-refractivity contribution < 1.29 is 24.1 Å². The molecule has 8 heteroatoms. The van der Waals surface area contributed by atoms with Crippen molar-refractivity contribution in [1.29, 1.82) is 0 Å². The Bertz CT molecular complexity index is 1250. The second kappa shape index (κ2) is 11.0. The first kappa shape index (κ1) is 25.7. The predicted molar refractivity (Wildman–Crippen MR) is 131 cm³/mol. The number of aromatic carboxylic acids is 1. The maximum Gasteiger partial charge on any atom is 0.341 e. The van der Waals surface area contributed by atoms with E-state index in [-0.39, 0.29) is 41.0 Å². The van der Waals surface area contributed by atoms with Crippen molar-refractivity contribution in [3.8, 4) is 5.75 Å². The monoisotopic (exact) mass is 489 g/mol. The summed E-state index contributed by atoms with van der Waals surface area (Å²) in [5.74, 6) is -1.23. The molecule has 6 nitrogen and oxygen atoms in total. The first-order valence-corrected chi connectivity index (χ1v) is 11.6. The van der Waals surface area contributed by atoms with Crippen LogP contribution in [-0.2, 0) is 13.0 Å². The second-order valence-electron chi connectivity index (χ2n) is 8.82. The van der Waals surface area contributed by atoms with Gasteiger partial charge in [-0.25, -0.2) is 9.18 Å². The van der Waals surface area contributed by atoms with E-state index in [4.69, 9.17) is 16.3 Å². The van der Waals surface area contributed by atoms with Gasteiger partial charge < -0.3 is 19.5 Å². The summed E-state index contributed by atoms with van der Waals surface area (Å²) in [5.41, 5.74) is 0.488. The van der Waals surface area contributed by atoms with Gasteiger partial charge in [-0.1, -0.05) is 30.7 Å². The van der Waals surface area contributed by atoms with Crippen LogP contribution < -0.4 is 10.2 Å². The predicted octanol–water partition coefficient (Wildman–Crippen LogP) is 5.28. The maximum atomic E-state index is 14.5. The molecule has 0 radical (unpaired) electrons. The van der Waals surface area contributed by atoms with Crippen LogP contribution in [-0.4, -0.2) is 33.5 Å². The summed E-state index contributed by atoms with van der Waals surface area (Å²) in [6.45, 7) is 6.22. The van der Waals surface area contributed by atoms with Crippen molar-refractivity contribution >= 4 is 28.5 Å². The summed E-state index contributed by atoms with van der Waals surface area (Å²) < 4.78 is 22.3. The van der Waals surface area contributed by atoms with Crippen LogP contribution in [0.25, 0.3) is 10.9 Å². The number of aryl methyl sites for hydroxylation is 1. The summed E-state index contributed by atoms with van der Waals surface area (Å²) in [6.07, 6.45) is 2.59. The minimum atomic E-state index is -1.32. The highest BCUT2D eigenvalue weighted by Gasteiger charge is 2.20. The number of hydrogen-bond acceptors (Lipinski definition) is 4. The number of nitrogens with zero attached hydrogens (tertiary/aromatic N) is 1. The lowest BCUT2D eigenvalue weighted by atomic mass is 10.00. The minimum absolute atomic E-state index is 0.00413. The smallest absolute Gasteiger partial charge is 0.341 e. The molecule has 1 heterocycles. The zero-order valence-electron chi connectivity index (χ0n) is 19.5. The molecule has 182 valence electrons. The van der Waals surface area contributed by atoms with Gasteiger partial charge in [0.25, 0.3) is 0 Å². The van der Waals surface area contributed by atoms with E-state index in [1.54, 1.807) is 28.8 Å². The molecule has 2 aromatic carbocycles. The zero-order valence-corrected chi connectivity index (χ0v) is 20.2. The van der Waals surface area contributed by atoms with Crippen molar-refractivity contribution in [1.82, 2.24) is 4.57 Å². The van der Waals surface area contributed by atoms with Crippen LogP contribution in [0.15, 0.2) is 41.3 Å². The molecule has 34 heavy (non-hydrogen) atoms. The Morgan fingerprint density at radius 2 is 1.94 bits per heavy atom. The van der Waals surface area contributed by atoms with Gasteiger partial charge in [-0.3, -0.25) is 4.79 Å². The number of carboxylic acids is 1. The Morgan fingerprint density at radius 1 is 1.21 bits per heavy atom. The van der Waals surface area contributed by atoms with Crippen LogP contribution >= 0.6 is 11.6 Å². The SMILES string of the molecule is CC(CCO)CCn1cc(C(=O)O)c(=O)c2cc(Cc3cccc(Cl)c3F)cc(OC(C)C)c21. The number of hydrogen-bond donors (Lipinski definition) is 2. The van der Waals surface area contributed by atoms with Gasteiger partial charge in [0.05, 0.1) is 22.0 Å².